The Labute approximate surface area is 127 Å². The number of rotatable bonds is 3. The van der Waals surface area contributed by atoms with E-state index < -0.39 is 10.0 Å². The molecule has 8 heteroatoms. The van der Waals surface area contributed by atoms with Crippen LogP contribution in [0, 0.1) is 0 Å². The molecule has 0 spiro atoms. The number of hydrogen-bond acceptors (Lipinski definition) is 3. The molecule has 0 aromatic heterocycles. The van der Waals surface area contributed by atoms with Gasteiger partial charge in [0.25, 0.3) is 5.91 Å². The molecule has 5 nitrogen and oxygen atoms in total. The molecule has 2 N–H and O–H groups in total. The first kappa shape index (κ1) is 15.6. The minimum atomic E-state index is -4.01. The molecule has 1 amide bonds. The standard InChI is InChI=1S/C12H14Cl2N2O3S/c1-16(7-3-2-4-7)12(17)8-5-11(20(15,18)19)10(14)6-9(8)13/h5-7H,2-4H2,1H3,(H2,15,18,19). The van der Waals surface area contributed by atoms with Crippen molar-refractivity contribution in [3.63, 3.8) is 0 Å². The van der Waals surface area contributed by atoms with Gasteiger partial charge >= 0.3 is 0 Å². The summed E-state index contributed by atoms with van der Waals surface area (Å²) in [5, 5.41) is 5.08. The van der Waals surface area contributed by atoms with Crippen LogP contribution in [0.25, 0.3) is 0 Å². The molecule has 0 atom stereocenters. The summed E-state index contributed by atoms with van der Waals surface area (Å²) in [5.41, 5.74) is 0.0921. The van der Waals surface area contributed by atoms with Gasteiger partial charge in [-0.1, -0.05) is 23.2 Å². The fourth-order valence-corrected chi connectivity index (χ4v) is 3.44. The van der Waals surface area contributed by atoms with Crippen LogP contribution in [-0.2, 0) is 10.0 Å². The van der Waals surface area contributed by atoms with E-state index in [1.54, 1.807) is 11.9 Å². The van der Waals surface area contributed by atoms with E-state index in [0.29, 0.717) is 0 Å². The van der Waals surface area contributed by atoms with Gasteiger partial charge in [0.05, 0.1) is 15.6 Å². The molecule has 0 bridgehead atoms. The SMILES string of the molecule is CN(C(=O)c1cc(S(N)(=O)=O)c(Cl)cc1Cl)C1CCC1. The van der Waals surface area contributed by atoms with Gasteiger partial charge in [-0.25, -0.2) is 13.6 Å². The van der Waals surface area contributed by atoms with Crippen LogP contribution in [0.3, 0.4) is 0 Å². The molecule has 0 heterocycles. The highest BCUT2D eigenvalue weighted by atomic mass is 35.5. The van der Waals surface area contributed by atoms with Crippen molar-refractivity contribution in [1.29, 1.82) is 0 Å². The molecule has 0 saturated heterocycles. The summed E-state index contributed by atoms with van der Waals surface area (Å²) in [6.07, 6.45) is 2.96. The number of hydrogen-bond donors (Lipinski definition) is 1. The van der Waals surface area contributed by atoms with E-state index >= 15 is 0 Å². The lowest BCUT2D eigenvalue weighted by molar-refractivity contribution is 0.0652. The summed E-state index contributed by atoms with van der Waals surface area (Å²) >= 11 is 11.8. The van der Waals surface area contributed by atoms with Crippen LogP contribution in [0.1, 0.15) is 29.6 Å². The molecule has 0 aliphatic heterocycles. The van der Waals surface area contributed by atoms with Crippen LogP contribution in [-0.4, -0.2) is 32.3 Å². The Bertz CT molecular complexity index is 657. The maximum Gasteiger partial charge on any atom is 0.255 e. The van der Waals surface area contributed by atoms with Gasteiger partial charge in [-0.15, -0.1) is 0 Å². The molecule has 110 valence electrons. The normalized spacial score (nSPS) is 15.8. The van der Waals surface area contributed by atoms with Crippen molar-refractivity contribution in [2.24, 2.45) is 5.14 Å². The summed E-state index contributed by atoms with van der Waals surface area (Å²) in [6, 6.07) is 2.54. The van der Waals surface area contributed by atoms with Gasteiger partial charge in [0.15, 0.2) is 0 Å². The Hall–Kier alpha value is -0.820. The van der Waals surface area contributed by atoms with Crippen molar-refractivity contribution in [3.05, 3.63) is 27.7 Å². The lowest BCUT2D eigenvalue weighted by atomic mass is 9.91. The Kier molecular flexibility index (Phi) is 4.30. The van der Waals surface area contributed by atoms with Gasteiger partial charge in [0.2, 0.25) is 10.0 Å². The molecule has 0 radical (unpaired) electrons. The number of amides is 1. The molecule has 20 heavy (non-hydrogen) atoms. The number of sulfonamides is 1. The van der Waals surface area contributed by atoms with E-state index in [0.717, 1.165) is 25.3 Å². The van der Waals surface area contributed by atoms with Gasteiger partial charge in [-0.3, -0.25) is 4.79 Å². The van der Waals surface area contributed by atoms with Gasteiger partial charge < -0.3 is 4.90 Å². The predicted octanol–water partition coefficient (Wildman–Crippen LogP) is 2.27. The van der Waals surface area contributed by atoms with Crippen LogP contribution in [0.2, 0.25) is 10.0 Å². The van der Waals surface area contributed by atoms with E-state index in [-0.39, 0.29) is 32.5 Å². The van der Waals surface area contributed by atoms with E-state index in [4.69, 9.17) is 28.3 Å². The molecule has 1 fully saturated rings. The van der Waals surface area contributed by atoms with Crippen molar-refractivity contribution in [2.75, 3.05) is 7.05 Å². The van der Waals surface area contributed by atoms with Gasteiger partial charge in [0, 0.05) is 13.1 Å². The molecule has 2 rings (SSSR count). The average molecular weight is 337 g/mol. The first-order chi connectivity index (χ1) is 9.21. The number of primary sulfonamides is 1. The maximum absolute atomic E-state index is 12.4. The van der Waals surface area contributed by atoms with Crippen molar-refractivity contribution in [3.8, 4) is 0 Å². The van der Waals surface area contributed by atoms with Crippen LogP contribution in [0.4, 0.5) is 0 Å². The van der Waals surface area contributed by atoms with Crippen molar-refractivity contribution in [1.82, 2.24) is 4.90 Å². The second kappa shape index (κ2) is 5.52. The number of halogens is 2. The predicted molar refractivity (Wildman–Crippen MR) is 77.6 cm³/mol. The molecule has 1 saturated carbocycles. The van der Waals surface area contributed by atoms with Crippen molar-refractivity contribution < 1.29 is 13.2 Å². The smallest absolute Gasteiger partial charge is 0.255 e. The zero-order valence-electron chi connectivity index (χ0n) is 10.8. The highest BCUT2D eigenvalue weighted by molar-refractivity contribution is 7.89. The zero-order chi connectivity index (χ0) is 15.1. The van der Waals surface area contributed by atoms with Gasteiger partial charge in [-0.2, -0.15) is 0 Å². The number of carbonyl (C=O) groups is 1. The highest BCUT2D eigenvalue weighted by Gasteiger charge is 2.28. The molecule has 0 unspecified atom stereocenters. The summed E-state index contributed by atoms with van der Waals surface area (Å²) < 4.78 is 22.9. The fraction of sp³-hybridized carbons (Fsp3) is 0.417. The zero-order valence-corrected chi connectivity index (χ0v) is 13.1. The summed E-state index contributed by atoms with van der Waals surface area (Å²) in [4.78, 5) is 13.6. The molecular weight excluding hydrogens is 323 g/mol. The third-order valence-electron chi connectivity index (χ3n) is 3.50. The first-order valence-corrected chi connectivity index (χ1v) is 8.31. The maximum atomic E-state index is 12.4. The summed E-state index contributed by atoms with van der Waals surface area (Å²) in [7, 11) is -2.33. The highest BCUT2D eigenvalue weighted by Crippen LogP contribution is 2.31. The summed E-state index contributed by atoms with van der Waals surface area (Å²) in [5.74, 6) is -0.332. The van der Waals surface area contributed by atoms with E-state index in [2.05, 4.69) is 0 Å². The quantitative estimate of drug-likeness (QED) is 0.919. The minimum Gasteiger partial charge on any atom is -0.339 e. The monoisotopic (exact) mass is 336 g/mol. The topological polar surface area (TPSA) is 80.5 Å². The van der Waals surface area contributed by atoms with Crippen LogP contribution in [0.15, 0.2) is 17.0 Å². The Morgan fingerprint density at radius 3 is 2.35 bits per heavy atom. The molecular formula is C12H14Cl2N2O3S. The second-order valence-corrected chi connectivity index (χ2v) is 7.15. The van der Waals surface area contributed by atoms with E-state index in [1.165, 1.54) is 6.07 Å². The van der Waals surface area contributed by atoms with Crippen LogP contribution in [0.5, 0.6) is 0 Å². The Morgan fingerprint density at radius 1 is 1.30 bits per heavy atom. The number of carbonyl (C=O) groups excluding carboxylic acids is 1. The largest absolute Gasteiger partial charge is 0.339 e. The number of nitrogens with zero attached hydrogens (tertiary/aromatic N) is 1. The van der Waals surface area contributed by atoms with Crippen LogP contribution < -0.4 is 5.14 Å². The third-order valence-corrected chi connectivity index (χ3v) is 5.19. The first-order valence-electron chi connectivity index (χ1n) is 6.01. The lowest BCUT2D eigenvalue weighted by Gasteiger charge is -2.35. The van der Waals surface area contributed by atoms with E-state index in [9.17, 15) is 13.2 Å². The lowest BCUT2D eigenvalue weighted by Crippen LogP contribution is -2.41. The van der Waals surface area contributed by atoms with Crippen molar-refractivity contribution >= 4 is 39.1 Å². The van der Waals surface area contributed by atoms with Crippen molar-refractivity contribution in [2.45, 2.75) is 30.2 Å². The average Bonchev–Trinajstić information content (AvgIpc) is 2.23. The summed E-state index contributed by atoms with van der Waals surface area (Å²) in [6.45, 7) is 0. The molecule has 1 aliphatic carbocycles. The van der Waals surface area contributed by atoms with Gasteiger partial charge in [0.1, 0.15) is 4.90 Å². The van der Waals surface area contributed by atoms with Gasteiger partial charge in [-0.05, 0) is 31.4 Å². The molecule has 1 aliphatic rings. The number of nitrogens with two attached hydrogens (primary N) is 1. The third kappa shape index (κ3) is 2.93. The fourth-order valence-electron chi connectivity index (χ4n) is 2.04. The molecule has 1 aromatic carbocycles. The number of benzene rings is 1. The second-order valence-electron chi connectivity index (χ2n) is 4.81. The minimum absolute atomic E-state index is 0.0921. The molecule has 1 aromatic rings. The van der Waals surface area contributed by atoms with Crippen LogP contribution >= 0.6 is 23.2 Å². The van der Waals surface area contributed by atoms with E-state index in [1.807, 2.05) is 0 Å². The Balaban J connectivity index is 2.43. The Morgan fingerprint density at radius 2 is 1.90 bits per heavy atom.